The van der Waals surface area contributed by atoms with Gasteiger partial charge < -0.3 is 19.3 Å². The van der Waals surface area contributed by atoms with Crippen LogP contribution in [0.2, 0.25) is 0 Å². The van der Waals surface area contributed by atoms with Gasteiger partial charge in [0.25, 0.3) is 11.8 Å². The van der Waals surface area contributed by atoms with Crippen LogP contribution in [-0.4, -0.2) is 72.9 Å². The van der Waals surface area contributed by atoms with E-state index in [1.54, 1.807) is 37.5 Å². The zero-order valence-electron chi connectivity index (χ0n) is 21.4. The first-order valence-electron chi connectivity index (χ1n) is 12.0. The fourth-order valence-electron chi connectivity index (χ4n) is 3.95. The fraction of sp³-hybridized carbons (Fsp3) is 0.429. The molecule has 0 atom stereocenters. The van der Waals surface area contributed by atoms with Gasteiger partial charge in [0, 0.05) is 26.2 Å². The molecule has 0 unspecified atom stereocenters. The Morgan fingerprint density at radius 2 is 0.917 bits per heavy atom. The van der Waals surface area contributed by atoms with Crippen LogP contribution in [0.5, 0.6) is 0 Å². The molecule has 0 radical (unpaired) electrons. The summed E-state index contributed by atoms with van der Waals surface area (Å²) in [5.74, 6) is -1.57. The minimum Gasteiger partial charge on any atom is -0.455 e. The average Bonchev–Trinajstić information content (AvgIpc) is 2.90. The number of piperazine rings is 1. The van der Waals surface area contributed by atoms with Crippen LogP contribution in [0.3, 0.4) is 0 Å². The Hall–Kier alpha value is -3.68. The molecule has 0 spiro atoms. The first-order valence-corrected chi connectivity index (χ1v) is 12.0. The fourth-order valence-corrected chi connectivity index (χ4v) is 3.95. The second-order valence-corrected chi connectivity index (χ2v) is 9.90. The molecule has 2 amide bonds. The Balaban J connectivity index is 1.42. The molecular formula is C28H34N2O6. The number of ether oxygens (including phenoxy) is 2. The Morgan fingerprint density at radius 1 is 0.611 bits per heavy atom. The van der Waals surface area contributed by atoms with Crippen molar-refractivity contribution in [2.24, 2.45) is 0 Å². The number of carbonyl (C=O) groups is 4. The van der Waals surface area contributed by atoms with E-state index >= 15 is 0 Å². The second kappa shape index (κ2) is 11.4. The molecule has 1 aliphatic rings. The third-order valence-electron chi connectivity index (χ3n) is 6.65. The summed E-state index contributed by atoms with van der Waals surface area (Å²) >= 11 is 0. The van der Waals surface area contributed by atoms with Crippen molar-refractivity contribution in [3.63, 3.8) is 0 Å². The number of nitrogens with zero attached hydrogens (tertiary/aromatic N) is 2. The molecule has 2 aromatic rings. The summed E-state index contributed by atoms with van der Waals surface area (Å²) < 4.78 is 10.6. The molecule has 1 saturated heterocycles. The first-order chi connectivity index (χ1) is 17.0. The van der Waals surface area contributed by atoms with Crippen LogP contribution >= 0.6 is 0 Å². The molecule has 0 aliphatic carbocycles. The van der Waals surface area contributed by atoms with Crippen molar-refractivity contribution in [2.45, 2.75) is 38.5 Å². The monoisotopic (exact) mass is 494 g/mol. The van der Waals surface area contributed by atoms with Crippen LogP contribution in [-0.2, 0) is 39.5 Å². The predicted octanol–water partition coefficient (Wildman–Crippen LogP) is 2.70. The predicted molar refractivity (Wildman–Crippen MR) is 134 cm³/mol. The minimum atomic E-state index is -0.876. The van der Waals surface area contributed by atoms with E-state index < -0.39 is 22.8 Å². The average molecular weight is 495 g/mol. The zero-order chi connectivity index (χ0) is 26.3. The van der Waals surface area contributed by atoms with Crippen LogP contribution in [0.25, 0.3) is 0 Å². The van der Waals surface area contributed by atoms with Gasteiger partial charge in [0.15, 0.2) is 13.2 Å². The maximum absolute atomic E-state index is 12.6. The Kier molecular flexibility index (Phi) is 8.50. The molecule has 192 valence electrons. The lowest BCUT2D eigenvalue weighted by molar-refractivity contribution is -0.159. The smallest absolute Gasteiger partial charge is 0.316 e. The Labute approximate surface area is 212 Å². The van der Waals surface area contributed by atoms with E-state index in [0.717, 1.165) is 11.1 Å². The summed E-state index contributed by atoms with van der Waals surface area (Å²) in [7, 11) is 0. The van der Waals surface area contributed by atoms with E-state index in [0.29, 0.717) is 26.2 Å². The molecule has 3 rings (SSSR count). The summed E-state index contributed by atoms with van der Waals surface area (Å²) in [4.78, 5) is 53.5. The third kappa shape index (κ3) is 6.30. The van der Waals surface area contributed by atoms with Gasteiger partial charge in [-0.05, 0) is 38.8 Å². The van der Waals surface area contributed by atoms with Gasteiger partial charge in [-0.1, -0.05) is 60.7 Å². The van der Waals surface area contributed by atoms with Crippen molar-refractivity contribution in [3.05, 3.63) is 71.8 Å². The van der Waals surface area contributed by atoms with Gasteiger partial charge in [-0.3, -0.25) is 19.2 Å². The molecule has 8 nitrogen and oxygen atoms in total. The highest BCUT2D eigenvalue weighted by atomic mass is 16.5. The summed E-state index contributed by atoms with van der Waals surface area (Å²) in [6.07, 6.45) is 0. The van der Waals surface area contributed by atoms with Gasteiger partial charge in [0.05, 0.1) is 10.8 Å². The molecule has 0 saturated carbocycles. The van der Waals surface area contributed by atoms with Crippen molar-refractivity contribution >= 4 is 23.8 Å². The Morgan fingerprint density at radius 3 is 1.22 bits per heavy atom. The third-order valence-corrected chi connectivity index (χ3v) is 6.65. The molecule has 2 aromatic carbocycles. The number of benzene rings is 2. The quantitative estimate of drug-likeness (QED) is 0.524. The van der Waals surface area contributed by atoms with E-state index in [1.165, 1.54) is 0 Å². The van der Waals surface area contributed by atoms with Crippen molar-refractivity contribution in [2.75, 3.05) is 39.4 Å². The van der Waals surface area contributed by atoms with E-state index in [1.807, 2.05) is 60.7 Å². The van der Waals surface area contributed by atoms with Gasteiger partial charge in [0.1, 0.15) is 0 Å². The lowest BCUT2D eigenvalue weighted by Gasteiger charge is -2.35. The molecule has 1 heterocycles. The first kappa shape index (κ1) is 26.9. The van der Waals surface area contributed by atoms with Crippen LogP contribution in [0.1, 0.15) is 38.8 Å². The summed E-state index contributed by atoms with van der Waals surface area (Å²) in [5.41, 5.74) is -0.136. The number of hydrogen-bond acceptors (Lipinski definition) is 6. The summed E-state index contributed by atoms with van der Waals surface area (Å²) in [5, 5.41) is 0. The molecule has 36 heavy (non-hydrogen) atoms. The minimum absolute atomic E-state index is 0.310. The van der Waals surface area contributed by atoms with Gasteiger partial charge >= 0.3 is 11.9 Å². The lowest BCUT2D eigenvalue weighted by atomic mass is 9.85. The van der Waals surface area contributed by atoms with Gasteiger partial charge in [-0.15, -0.1) is 0 Å². The standard InChI is InChI=1S/C28H34N2O6/c1-27(2,21-11-7-5-8-12-21)25(33)35-19-23(31)29-15-17-30(18-16-29)24(32)20-36-26(34)28(3,4)22-13-9-6-10-14-22/h5-14H,15-20H2,1-4H3. The second-order valence-electron chi connectivity index (χ2n) is 9.90. The zero-order valence-corrected chi connectivity index (χ0v) is 21.4. The van der Waals surface area contributed by atoms with Gasteiger partial charge in [0.2, 0.25) is 0 Å². The van der Waals surface area contributed by atoms with Crippen LogP contribution in [0.15, 0.2) is 60.7 Å². The highest BCUT2D eigenvalue weighted by molar-refractivity contribution is 5.87. The van der Waals surface area contributed by atoms with Gasteiger partial charge in [-0.2, -0.15) is 0 Å². The van der Waals surface area contributed by atoms with Crippen LogP contribution < -0.4 is 0 Å². The van der Waals surface area contributed by atoms with Gasteiger partial charge in [-0.25, -0.2) is 0 Å². The molecular weight excluding hydrogens is 460 g/mol. The van der Waals surface area contributed by atoms with E-state index in [9.17, 15) is 19.2 Å². The Bertz CT molecular complexity index is 986. The van der Waals surface area contributed by atoms with E-state index in [2.05, 4.69) is 0 Å². The SMILES string of the molecule is CC(C)(C(=O)OCC(=O)N1CCN(C(=O)COC(=O)C(C)(C)c2ccccc2)CC1)c1ccccc1. The van der Waals surface area contributed by atoms with E-state index in [4.69, 9.17) is 9.47 Å². The number of esters is 2. The molecule has 0 bridgehead atoms. The summed E-state index contributed by atoms with van der Waals surface area (Å²) in [6, 6.07) is 18.5. The van der Waals surface area contributed by atoms with Crippen molar-refractivity contribution < 1.29 is 28.7 Å². The van der Waals surface area contributed by atoms with Crippen molar-refractivity contribution in [1.82, 2.24) is 9.80 Å². The highest BCUT2D eigenvalue weighted by Crippen LogP contribution is 2.25. The largest absolute Gasteiger partial charge is 0.455 e. The highest BCUT2D eigenvalue weighted by Gasteiger charge is 2.34. The number of hydrogen-bond donors (Lipinski definition) is 0. The summed E-state index contributed by atoms with van der Waals surface area (Å²) in [6.45, 7) is 7.58. The number of rotatable bonds is 8. The lowest BCUT2D eigenvalue weighted by Crippen LogP contribution is -2.52. The molecule has 0 aromatic heterocycles. The van der Waals surface area contributed by atoms with Crippen molar-refractivity contribution in [3.8, 4) is 0 Å². The number of carbonyl (C=O) groups excluding carboxylic acids is 4. The van der Waals surface area contributed by atoms with Crippen LogP contribution in [0.4, 0.5) is 0 Å². The number of amides is 2. The molecule has 0 N–H and O–H groups in total. The van der Waals surface area contributed by atoms with E-state index in [-0.39, 0.29) is 25.0 Å². The molecule has 8 heteroatoms. The molecule has 1 aliphatic heterocycles. The topological polar surface area (TPSA) is 93.2 Å². The molecule has 1 fully saturated rings. The normalized spacial score (nSPS) is 14.2. The van der Waals surface area contributed by atoms with Crippen molar-refractivity contribution in [1.29, 1.82) is 0 Å². The van der Waals surface area contributed by atoms with Crippen LogP contribution in [0, 0.1) is 0 Å². The maximum Gasteiger partial charge on any atom is 0.316 e. The maximum atomic E-state index is 12.6.